The summed E-state index contributed by atoms with van der Waals surface area (Å²) in [7, 11) is 1.88. The van der Waals surface area contributed by atoms with E-state index in [1.54, 1.807) is 10.9 Å². The van der Waals surface area contributed by atoms with Gasteiger partial charge in [0.05, 0.1) is 22.8 Å². The molecule has 2 saturated heterocycles. The number of nitrogens with zero attached hydrogens (tertiary/aromatic N) is 5. The van der Waals surface area contributed by atoms with E-state index in [1.165, 1.54) is 11.3 Å². The van der Waals surface area contributed by atoms with E-state index in [1.807, 2.05) is 42.4 Å². The standard InChI is InChI=1S/C21H19N5O2S/c1-25-9-14-6-13(8-22-19(14)24-25)17-5-2-12-7-18(29-20(12)23-17)21(27)26-10-15-3-4-16(11-26)28-15/h2,5-9,15-16H,3-4,10-11H2,1H3/t15-,16+. The van der Waals surface area contributed by atoms with Crippen LogP contribution in [-0.4, -0.2) is 55.9 Å². The van der Waals surface area contributed by atoms with Gasteiger partial charge in [-0.1, -0.05) is 0 Å². The maximum atomic E-state index is 13.0. The molecule has 2 aliphatic rings. The average Bonchev–Trinajstić information content (AvgIpc) is 3.41. The van der Waals surface area contributed by atoms with Gasteiger partial charge in [-0.05, 0) is 37.1 Å². The minimum atomic E-state index is 0.0909. The lowest BCUT2D eigenvalue weighted by atomic mass is 10.1. The highest BCUT2D eigenvalue weighted by Gasteiger charge is 2.36. The molecular weight excluding hydrogens is 386 g/mol. The van der Waals surface area contributed by atoms with Crippen LogP contribution >= 0.6 is 11.3 Å². The number of likely N-dealkylation sites (tertiary alicyclic amines) is 1. The molecule has 4 aromatic rings. The van der Waals surface area contributed by atoms with Crippen molar-refractivity contribution in [3.8, 4) is 11.3 Å². The van der Waals surface area contributed by atoms with Gasteiger partial charge in [-0.25, -0.2) is 9.97 Å². The van der Waals surface area contributed by atoms with Crippen molar-refractivity contribution in [1.29, 1.82) is 0 Å². The van der Waals surface area contributed by atoms with Crippen molar-refractivity contribution in [3.63, 3.8) is 0 Å². The van der Waals surface area contributed by atoms with E-state index in [4.69, 9.17) is 9.72 Å². The number of aryl methyl sites for hydroxylation is 1. The molecule has 0 radical (unpaired) electrons. The maximum absolute atomic E-state index is 13.0. The molecule has 0 aliphatic carbocycles. The van der Waals surface area contributed by atoms with Gasteiger partial charge in [0.25, 0.3) is 5.91 Å². The quantitative estimate of drug-likeness (QED) is 0.512. The Bertz CT molecular complexity index is 1250. The fourth-order valence-electron chi connectivity index (χ4n) is 4.29. The monoisotopic (exact) mass is 405 g/mol. The second-order valence-electron chi connectivity index (χ2n) is 7.81. The van der Waals surface area contributed by atoms with E-state index >= 15 is 0 Å². The minimum absolute atomic E-state index is 0.0909. The Morgan fingerprint density at radius 3 is 2.83 bits per heavy atom. The highest BCUT2D eigenvalue weighted by atomic mass is 32.1. The molecule has 2 bridgehead atoms. The van der Waals surface area contributed by atoms with E-state index in [-0.39, 0.29) is 18.1 Å². The number of hydrogen-bond donors (Lipinski definition) is 0. The van der Waals surface area contributed by atoms with Gasteiger partial charge >= 0.3 is 0 Å². The molecule has 146 valence electrons. The summed E-state index contributed by atoms with van der Waals surface area (Å²) in [6.45, 7) is 1.39. The van der Waals surface area contributed by atoms with Crippen LogP contribution in [0, 0.1) is 0 Å². The van der Waals surface area contributed by atoms with Crippen molar-refractivity contribution in [2.75, 3.05) is 13.1 Å². The van der Waals surface area contributed by atoms with Gasteiger partial charge in [-0.3, -0.25) is 9.48 Å². The zero-order valence-corrected chi connectivity index (χ0v) is 16.7. The lowest BCUT2D eigenvalue weighted by Crippen LogP contribution is -2.45. The first-order chi connectivity index (χ1) is 14.1. The van der Waals surface area contributed by atoms with E-state index in [0.717, 1.165) is 50.2 Å². The summed E-state index contributed by atoms with van der Waals surface area (Å²) in [6, 6.07) is 8.02. The van der Waals surface area contributed by atoms with Crippen LogP contribution in [0.3, 0.4) is 0 Å². The number of ether oxygens (including phenoxy) is 1. The molecule has 2 fully saturated rings. The number of aromatic nitrogens is 4. The normalized spacial score (nSPS) is 21.3. The lowest BCUT2D eigenvalue weighted by Gasteiger charge is -2.31. The molecule has 1 amide bonds. The van der Waals surface area contributed by atoms with Crippen molar-refractivity contribution in [2.45, 2.75) is 25.0 Å². The van der Waals surface area contributed by atoms with Crippen LogP contribution in [0.25, 0.3) is 32.5 Å². The molecule has 7 nitrogen and oxygen atoms in total. The molecule has 0 N–H and O–H groups in total. The Morgan fingerprint density at radius 2 is 2.00 bits per heavy atom. The molecule has 8 heteroatoms. The minimum Gasteiger partial charge on any atom is -0.371 e. The highest BCUT2D eigenvalue weighted by molar-refractivity contribution is 7.20. The van der Waals surface area contributed by atoms with Gasteiger partial charge in [-0.2, -0.15) is 5.10 Å². The molecular formula is C21H19N5O2S. The van der Waals surface area contributed by atoms with Crippen molar-refractivity contribution in [2.24, 2.45) is 7.05 Å². The molecule has 0 spiro atoms. The summed E-state index contributed by atoms with van der Waals surface area (Å²) in [6.07, 6.45) is 6.26. The third-order valence-corrected chi connectivity index (χ3v) is 6.73. The van der Waals surface area contributed by atoms with Crippen molar-refractivity contribution >= 4 is 38.5 Å². The topological polar surface area (TPSA) is 73.1 Å². The number of carbonyl (C=O) groups excluding carboxylic acids is 1. The second kappa shape index (κ2) is 6.33. The van der Waals surface area contributed by atoms with E-state index < -0.39 is 0 Å². The van der Waals surface area contributed by atoms with Crippen molar-refractivity contribution < 1.29 is 9.53 Å². The average molecular weight is 405 g/mol. The molecule has 0 saturated carbocycles. The van der Waals surface area contributed by atoms with Crippen LogP contribution in [0.1, 0.15) is 22.5 Å². The first-order valence-corrected chi connectivity index (χ1v) is 10.6. The first-order valence-electron chi connectivity index (χ1n) is 9.77. The maximum Gasteiger partial charge on any atom is 0.264 e. The Kier molecular flexibility index (Phi) is 3.72. The predicted molar refractivity (Wildman–Crippen MR) is 111 cm³/mol. The van der Waals surface area contributed by atoms with Crippen LogP contribution < -0.4 is 0 Å². The van der Waals surface area contributed by atoms with E-state index in [0.29, 0.717) is 13.1 Å². The lowest BCUT2D eigenvalue weighted by molar-refractivity contribution is -0.0302. The third kappa shape index (κ3) is 2.90. The molecule has 0 aromatic carbocycles. The zero-order chi connectivity index (χ0) is 19.5. The van der Waals surface area contributed by atoms with Gasteiger partial charge < -0.3 is 9.64 Å². The van der Waals surface area contributed by atoms with Crippen LogP contribution in [0.15, 0.2) is 36.7 Å². The summed E-state index contributed by atoms with van der Waals surface area (Å²) >= 11 is 1.46. The molecule has 2 aliphatic heterocycles. The van der Waals surface area contributed by atoms with Crippen molar-refractivity contribution in [1.82, 2.24) is 24.6 Å². The Labute approximate surface area is 170 Å². The summed E-state index contributed by atoms with van der Waals surface area (Å²) < 4.78 is 7.61. The smallest absolute Gasteiger partial charge is 0.264 e. The molecule has 6 heterocycles. The largest absolute Gasteiger partial charge is 0.371 e. The van der Waals surface area contributed by atoms with Gasteiger partial charge in [0.1, 0.15) is 4.83 Å². The van der Waals surface area contributed by atoms with Crippen LogP contribution in [0.2, 0.25) is 0 Å². The summed E-state index contributed by atoms with van der Waals surface area (Å²) in [5.41, 5.74) is 2.51. The van der Waals surface area contributed by atoms with Crippen LogP contribution in [-0.2, 0) is 11.8 Å². The number of rotatable bonds is 2. The summed E-state index contributed by atoms with van der Waals surface area (Å²) in [4.78, 5) is 25.8. The first kappa shape index (κ1) is 17.1. The predicted octanol–water partition coefficient (Wildman–Crippen LogP) is 3.25. The number of amides is 1. The third-order valence-electron chi connectivity index (χ3n) is 5.69. The van der Waals surface area contributed by atoms with Gasteiger partial charge in [0.2, 0.25) is 0 Å². The Balaban J connectivity index is 1.32. The Hall–Kier alpha value is -2.84. The number of pyridine rings is 2. The fraction of sp³-hybridized carbons (Fsp3) is 0.333. The van der Waals surface area contributed by atoms with Gasteiger partial charge in [0, 0.05) is 48.9 Å². The zero-order valence-electron chi connectivity index (χ0n) is 15.9. The SMILES string of the molecule is Cn1cc2cc(-c3ccc4cc(C(=O)N5C[C@H]6CC[C@@H](C5)O6)sc4n3)cnc2n1. The summed E-state index contributed by atoms with van der Waals surface area (Å²) in [5.74, 6) is 0.0909. The highest BCUT2D eigenvalue weighted by Crippen LogP contribution is 2.31. The number of carbonyl (C=O) groups is 1. The van der Waals surface area contributed by atoms with Crippen LogP contribution in [0.5, 0.6) is 0 Å². The molecule has 6 rings (SSSR count). The molecule has 2 atom stereocenters. The number of thiophene rings is 1. The van der Waals surface area contributed by atoms with Crippen molar-refractivity contribution in [3.05, 3.63) is 41.5 Å². The number of morpholine rings is 1. The second-order valence-corrected chi connectivity index (χ2v) is 8.84. The molecule has 4 aromatic heterocycles. The van der Waals surface area contributed by atoms with Gasteiger partial charge in [-0.15, -0.1) is 11.3 Å². The fourth-order valence-corrected chi connectivity index (χ4v) is 5.29. The number of hydrogen-bond acceptors (Lipinski definition) is 6. The number of fused-ring (bicyclic) bond motifs is 4. The van der Waals surface area contributed by atoms with E-state index in [2.05, 4.69) is 10.1 Å². The molecule has 29 heavy (non-hydrogen) atoms. The van der Waals surface area contributed by atoms with E-state index in [9.17, 15) is 4.79 Å². The molecule has 0 unspecified atom stereocenters. The summed E-state index contributed by atoms with van der Waals surface area (Å²) in [5, 5.41) is 6.29. The van der Waals surface area contributed by atoms with Gasteiger partial charge in [0.15, 0.2) is 5.65 Å². The Morgan fingerprint density at radius 1 is 1.17 bits per heavy atom. The van der Waals surface area contributed by atoms with Crippen LogP contribution in [0.4, 0.5) is 0 Å².